The molecule has 0 aliphatic carbocycles. The first-order valence-corrected chi connectivity index (χ1v) is 5.77. The van der Waals surface area contributed by atoms with Gasteiger partial charge in [0.1, 0.15) is 0 Å². The smallest absolute Gasteiger partial charge is 0.251 e. The van der Waals surface area contributed by atoms with Crippen LogP contribution >= 0.6 is 15.9 Å². The van der Waals surface area contributed by atoms with Crippen LogP contribution in [0.2, 0.25) is 0 Å². The summed E-state index contributed by atoms with van der Waals surface area (Å²) in [6.45, 7) is 3.74. The molecule has 0 bridgehead atoms. The van der Waals surface area contributed by atoms with Gasteiger partial charge in [0, 0.05) is 16.1 Å². The molecule has 84 valence electrons. The first-order chi connectivity index (χ1) is 7.52. The highest BCUT2D eigenvalue weighted by Crippen LogP contribution is 2.15. The molecule has 0 unspecified atom stereocenters. The standard InChI is InChI=1S/C12H13BrN2O/c1-8-5-10(7-11(13)6-8)12(16)15-9(2)3-4-14/h5-7,9H,3H2,1-2H3,(H,15,16)/t9-/m0/s1. The van der Waals surface area contributed by atoms with Crippen LogP contribution < -0.4 is 5.32 Å². The van der Waals surface area contributed by atoms with Crippen LogP contribution in [0.1, 0.15) is 29.3 Å². The lowest BCUT2D eigenvalue weighted by Crippen LogP contribution is -2.32. The Balaban J connectivity index is 2.77. The molecule has 0 saturated carbocycles. The van der Waals surface area contributed by atoms with Crippen LogP contribution in [0.25, 0.3) is 0 Å². The summed E-state index contributed by atoms with van der Waals surface area (Å²) < 4.78 is 0.880. The van der Waals surface area contributed by atoms with Crippen LogP contribution in [-0.2, 0) is 0 Å². The molecule has 1 aromatic rings. The second-order valence-corrected chi connectivity index (χ2v) is 4.67. The number of rotatable bonds is 3. The summed E-state index contributed by atoms with van der Waals surface area (Å²) in [5, 5.41) is 11.3. The molecule has 0 aliphatic heterocycles. The Bertz CT molecular complexity index is 417. The number of carbonyl (C=O) groups excluding carboxylic acids is 1. The van der Waals surface area contributed by atoms with Crippen molar-refractivity contribution in [2.45, 2.75) is 26.3 Å². The van der Waals surface area contributed by atoms with Crippen molar-refractivity contribution >= 4 is 21.8 Å². The van der Waals surface area contributed by atoms with Crippen molar-refractivity contribution in [2.75, 3.05) is 0 Å². The van der Waals surface area contributed by atoms with E-state index >= 15 is 0 Å². The molecular weight excluding hydrogens is 268 g/mol. The Morgan fingerprint density at radius 1 is 1.56 bits per heavy atom. The normalized spacial score (nSPS) is 11.6. The summed E-state index contributed by atoms with van der Waals surface area (Å²) in [7, 11) is 0. The number of nitrogens with one attached hydrogen (secondary N) is 1. The van der Waals surface area contributed by atoms with Gasteiger partial charge in [-0.3, -0.25) is 4.79 Å². The Morgan fingerprint density at radius 2 is 2.25 bits per heavy atom. The van der Waals surface area contributed by atoms with Crippen molar-refractivity contribution in [1.29, 1.82) is 5.26 Å². The Labute approximate surface area is 104 Å². The topological polar surface area (TPSA) is 52.9 Å². The van der Waals surface area contributed by atoms with Gasteiger partial charge in [-0.25, -0.2) is 0 Å². The van der Waals surface area contributed by atoms with E-state index in [1.54, 1.807) is 6.07 Å². The van der Waals surface area contributed by atoms with Gasteiger partial charge in [-0.2, -0.15) is 5.26 Å². The van der Waals surface area contributed by atoms with E-state index in [1.165, 1.54) is 0 Å². The highest BCUT2D eigenvalue weighted by molar-refractivity contribution is 9.10. The Kier molecular flexibility index (Phi) is 4.51. The summed E-state index contributed by atoms with van der Waals surface area (Å²) in [5.74, 6) is -0.146. The van der Waals surface area contributed by atoms with Crippen LogP contribution in [0.5, 0.6) is 0 Å². The van der Waals surface area contributed by atoms with Crippen LogP contribution in [0.4, 0.5) is 0 Å². The lowest BCUT2D eigenvalue weighted by atomic mass is 10.1. The average molecular weight is 281 g/mol. The van der Waals surface area contributed by atoms with Crippen molar-refractivity contribution in [3.05, 3.63) is 33.8 Å². The summed E-state index contributed by atoms with van der Waals surface area (Å²) in [6, 6.07) is 7.42. The van der Waals surface area contributed by atoms with Crippen LogP contribution in [0.15, 0.2) is 22.7 Å². The van der Waals surface area contributed by atoms with E-state index in [4.69, 9.17) is 5.26 Å². The highest BCUT2D eigenvalue weighted by atomic mass is 79.9. The van der Waals surface area contributed by atoms with Crippen molar-refractivity contribution < 1.29 is 4.79 Å². The SMILES string of the molecule is Cc1cc(Br)cc(C(=O)N[C@@H](C)CC#N)c1. The maximum atomic E-state index is 11.8. The lowest BCUT2D eigenvalue weighted by molar-refractivity contribution is 0.0940. The number of carbonyl (C=O) groups is 1. The van der Waals surface area contributed by atoms with Crippen molar-refractivity contribution in [1.82, 2.24) is 5.32 Å². The summed E-state index contributed by atoms with van der Waals surface area (Å²) >= 11 is 3.35. The third-order valence-electron chi connectivity index (χ3n) is 2.08. The van der Waals surface area contributed by atoms with E-state index in [0.717, 1.165) is 10.0 Å². The molecule has 1 aromatic carbocycles. The number of halogens is 1. The van der Waals surface area contributed by atoms with E-state index in [2.05, 4.69) is 21.2 Å². The minimum Gasteiger partial charge on any atom is -0.349 e. The van der Waals surface area contributed by atoms with E-state index in [1.807, 2.05) is 32.0 Å². The third-order valence-corrected chi connectivity index (χ3v) is 2.54. The molecule has 16 heavy (non-hydrogen) atoms. The van der Waals surface area contributed by atoms with Gasteiger partial charge < -0.3 is 5.32 Å². The average Bonchev–Trinajstić information content (AvgIpc) is 2.16. The molecule has 0 fully saturated rings. The first kappa shape index (κ1) is 12.7. The van der Waals surface area contributed by atoms with Gasteiger partial charge in [-0.05, 0) is 37.6 Å². The number of hydrogen-bond acceptors (Lipinski definition) is 2. The van der Waals surface area contributed by atoms with Crippen LogP contribution in [-0.4, -0.2) is 11.9 Å². The fourth-order valence-corrected chi connectivity index (χ4v) is 1.97. The third kappa shape index (κ3) is 3.67. The second-order valence-electron chi connectivity index (χ2n) is 3.75. The molecule has 1 atom stereocenters. The molecule has 0 heterocycles. The van der Waals surface area contributed by atoms with Gasteiger partial charge in [-0.1, -0.05) is 15.9 Å². The van der Waals surface area contributed by atoms with Gasteiger partial charge in [0.2, 0.25) is 0 Å². The monoisotopic (exact) mass is 280 g/mol. The van der Waals surface area contributed by atoms with E-state index in [0.29, 0.717) is 12.0 Å². The molecule has 0 spiro atoms. The van der Waals surface area contributed by atoms with Crippen molar-refractivity contribution in [3.63, 3.8) is 0 Å². The number of hydrogen-bond donors (Lipinski definition) is 1. The van der Waals surface area contributed by atoms with Crippen LogP contribution in [0.3, 0.4) is 0 Å². The maximum Gasteiger partial charge on any atom is 0.251 e. The lowest BCUT2D eigenvalue weighted by Gasteiger charge is -2.10. The predicted octanol–water partition coefficient (Wildman–Crippen LogP) is 2.79. The van der Waals surface area contributed by atoms with Gasteiger partial charge in [-0.15, -0.1) is 0 Å². The zero-order valence-electron chi connectivity index (χ0n) is 9.25. The maximum absolute atomic E-state index is 11.8. The minimum absolute atomic E-state index is 0.128. The molecular formula is C12H13BrN2O. The summed E-state index contributed by atoms with van der Waals surface area (Å²) in [6.07, 6.45) is 0.318. The summed E-state index contributed by atoms with van der Waals surface area (Å²) in [5.41, 5.74) is 1.63. The van der Waals surface area contributed by atoms with Gasteiger partial charge in [0.25, 0.3) is 5.91 Å². The largest absolute Gasteiger partial charge is 0.349 e. The number of nitrogens with zero attached hydrogens (tertiary/aromatic N) is 1. The fraction of sp³-hybridized carbons (Fsp3) is 0.333. The molecule has 0 radical (unpaired) electrons. The molecule has 1 amide bonds. The number of amides is 1. The van der Waals surface area contributed by atoms with Crippen molar-refractivity contribution in [2.24, 2.45) is 0 Å². The van der Waals surface area contributed by atoms with Gasteiger partial charge in [0.05, 0.1) is 12.5 Å². The minimum atomic E-state index is -0.146. The zero-order chi connectivity index (χ0) is 12.1. The van der Waals surface area contributed by atoms with E-state index in [-0.39, 0.29) is 11.9 Å². The van der Waals surface area contributed by atoms with E-state index < -0.39 is 0 Å². The van der Waals surface area contributed by atoms with Gasteiger partial charge in [0.15, 0.2) is 0 Å². The molecule has 4 heteroatoms. The highest BCUT2D eigenvalue weighted by Gasteiger charge is 2.10. The van der Waals surface area contributed by atoms with Crippen LogP contribution in [0, 0.1) is 18.3 Å². The molecule has 1 N–H and O–H groups in total. The first-order valence-electron chi connectivity index (χ1n) is 4.98. The zero-order valence-corrected chi connectivity index (χ0v) is 10.8. The quantitative estimate of drug-likeness (QED) is 0.926. The fourth-order valence-electron chi connectivity index (χ4n) is 1.36. The summed E-state index contributed by atoms with van der Waals surface area (Å²) in [4.78, 5) is 11.8. The second kappa shape index (κ2) is 5.66. The van der Waals surface area contributed by atoms with Gasteiger partial charge >= 0.3 is 0 Å². The van der Waals surface area contributed by atoms with E-state index in [9.17, 15) is 4.79 Å². The number of nitriles is 1. The predicted molar refractivity (Wildman–Crippen MR) is 66.0 cm³/mol. The van der Waals surface area contributed by atoms with Crippen molar-refractivity contribution in [3.8, 4) is 6.07 Å². The molecule has 0 saturated heterocycles. The molecule has 0 aliphatic rings. The Morgan fingerprint density at radius 3 is 2.81 bits per heavy atom. The molecule has 0 aromatic heterocycles. The molecule has 1 rings (SSSR count). The number of aryl methyl sites for hydroxylation is 1. The Hall–Kier alpha value is -1.34. The number of benzene rings is 1. The molecule has 3 nitrogen and oxygen atoms in total.